The SMILES string of the molecule is O=C(COc1c(Cl)cc(Cl)cc1Cl)C1CCCCC1. The fourth-order valence-electron chi connectivity index (χ4n) is 2.35. The van der Waals surface area contributed by atoms with Gasteiger partial charge in [-0.1, -0.05) is 54.1 Å². The van der Waals surface area contributed by atoms with Crippen molar-refractivity contribution in [3.05, 3.63) is 27.2 Å². The molecule has 0 aliphatic heterocycles. The maximum atomic E-state index is 12.0. The van der Waals surface area contributed by atoms with Crippen LogP contribution in [0.1, 0.15) is 32.1 Å². The van der Waals surface area contributed by atoms with Crippen LogP contribution in [0.5, 0.6) is 5.75 Å². The molecule has 1 aromatic rings. The highest BCUT2D eigenvalue weighted by atomic mass is 35.5. The fourth-order valence-corrected chi connectivity index (χ4v) is 3.28. The van der Waals surface area contributed by atoms with Gasteiger partial charge < -0.3 is 4.74 Å². The Morgan fingerprint density at radius 2 is 1.68 bits per heavy atom. The molecular weight excluding hydrogens is 307 g/mol. The van der Waals surface area contributed by atoms with Crippen molar-refractivity contribution < 1.29 is 9.53 Å². The molecule has 0 amide bonds. The number of carbonyl (C=O) groups excluding carboxylic acids is 1. The fraction of sp³-hybridized carbons (Fsp3) is 0.500. The Morgan fingerprint density at radius 3 is 2.26 bits per heavy atom. The molecule has 1 aromatic carbocycles. The zero-order chi connectivity index (χ0) is 13.8. The van der Waals surface area contributed by atoms with Crippen molar-refractivity contribution in [1.29, 1.82) is 0 Å². The van der Waals surface area contributed by atoms with Gasteiger partial charge in [-0.2, -0.15) is 0 Å². The minimum atomic E-state index is 0.0196. The van der Waals surface area contributed by atoms with Crippen LogP contribution >= 0.6 is 34.8 Å². The predicted octanol–water partition coefficient (Wildman–Crippen LogP) is 5.18. The summed E-state index contributed by atoms with van der Waals surface area (Å²) in [6.45, 7) is 0.0196. The molecule has 0 heterocycles. The number of rotatable bonds is 4. The van der Waals surface area contributed by atoms with Crippen molar-refractivity contribution in [2.45, 2.75) is 32.1 Å². The predicted molar refractivity (Wildman–Crippen MR) is 78.5 cm³/mol. The molecule has 2 rings (SSSR count). The van der Waals surface area contributed by atoms with E-state index in [1.54, 1.807) is 12.1 Å². The normalized spacial score (nSPS) is 16.4. The van der Waals surface area contributed by atoms with Gasteiger partial charge in [0, 0.05) is 10.9 Å². The van der Waals surface area contributed by atoms with Gasteiger partial charge in [-0.3, -0.25) is 4.79 Å². The molecule has 1 aliphatic rings. The summed E-state index contributed by atoms with van der Waals surface area (Å²) in [6.07, 6.45) is 5.39. The van der Waals surface area contributed by atoms with Crippen LogP contribution in [0.3, 0.4) is 0 Å². The Labute approximate surface area is 128 Å². The minimum absolute atomic E-state index is 0.0196. The van der Waals surface area contributed by atoms with Crippen LogP contribution in [0.2, 0.25) is 15.1 Å². The van der Waals surface area contributed by atoms with E-state index in [9.17, 15) is 4.79 Å². The van der Waals surface area contributed by atoms with Crippen molar-refractivity contribution in [3.8, 4) is 5.75 Å². The van der Waals surface area contributed by atoms with Gasteiger partial charge in [-0.25, -0.2) is 0 Å². The summed E-state index contributed by atoms with van der Waals surface area (Å²) in [4.78, 5) is 12.0. The van der Waals surface area contributed by atoms with Gasteiger partial charge in [-0.15, -0.1) is 0 Å². The van der Waals surface area contributed by atoms with E-state index in [0.717, 1.165) is 25.7 Å². The van der Waals surface area contributed by atoms with Gasteiger partial charge in [0.05, 0.1) is 10.0 Å². The van der Waals surface area contributed by atoms with E-state index in [1.165, 1.54) is 6.42 Å². The molecule has 0 aromatic heterocycles. The lowest BCUT2D eigenvalue weighted by Gasteiger charge is -2.20. The van der Waals surface area contributed by atoms with Gasteiger partial charge in [0.1, 0.15) is 6.61 Å². The Balaban J connectivity index is 1.96. The Morgan fingerprint density at radius 1 is 1.11 bits per heavy atom. The summed E-state index contributed by atoms with van der Waals surface area (Å²) in [7, 11) is 0. The lowest BCUT2D eigenvalue weighted by molar-refractivity contribution is -0.125. The summed E-state index contributed by atoms with van der Waals surface area (Å²) in [6, 6.07) is 3.10. The van der Waals surface area contributed by atoms with Crippen molar-refractivity contribution in [1.82, 2.24) is 0 Å². The molecule has 104 valence electrons. The summed E-state index contributed by atoms with van der Waals surface area (Å²) in [5, 5.41) is 1.10. The van der Waals surface area contributed by atoms with Gasteiger partial charge >= 0.3 is 0 Å². The molecule has 0 atom stereocenters. The van der Waals surface area contributed by atoms with E-state index in [4.69, 9.17) is 39.5 Å². The van der Waals surface area contributed by atoms with E-state index in [1.807, 2.05) is 0 Å². The van der Waals surface area contributed by atoms with E-state index in [0.29, 0.717) is 20.8 Å². The number of ether oxygens (including phenoxy) is 1. The third-order valence-corrected chi connectivity index (χ3v) is 4.16. The summed E-state index contributed by atoms with van der Waals surface area (Å²) >= 11 is 17.8. The summed E-state index contributed by atoms with van der Waals surface area (Å²) in [5.41, 5.74) is 0. The largest absolute Gasteiger partial charge is 0.483 e. The quantitative estimate of drug-likeness (QED) is 0.764. The third-order valence-electron chi connectivity index (χ3n) is 3.38. The molecule has 1 saturated carbocycles. The second-order valence-electron chi connectivity index (χ2n) is 4.79. The third kappa shape index (κ3) is 4.01. The van der Waals surface area contributed by atoms with Gasteiger partial charge in [0.2, 0.25) is 0 Å². The number of hydrogen-bond donors (Lipinski definition) is 0. The second-order valence-corrected chi connectivity index (χ2v) is 6.04. The number of halogens is 3. The molecule has 0 N–H and O–H groups in total. The molecule has 0 saturated heterocycles. The minimum Gasteiger partial charge on any atom is -0.483 e. The lowest BCUT2D eigenvalue weighted by atomic mass is 9.86. The van der Waals surface area contributed by atoms with Crippen molar-refractivity contribution >= 4 is 40.6 Å². The van der Waals surface area contributed by atoms with Crippen LogP contribution < -0.4 is 4.74 Å². The number of carbonyl (C=O) groups is 1. The first-order valence-corrected chi connectivity index (χ1v) is 7.51. The second kappa shape index (κ2) is 6.83. The first-order chi connectivity index (χ1) is 9.08. The average Bonchev–Trinajstić information content (AvgIpc) is 2.38. The first-order valence-electron chi connectivity index (χ1n) is 6.38. The maximum Gasteiger partial charge on any atom is 0.173 e. The standard InChI is InChI=1S/C14H15Cl3O2/c15-10-6-11(16)14(12(17)7-10)19-8-13(18)9-4-2-1-3-5-9/h6-7,9H,1-5,8H2. The van der Waals surface area contributed by atoms with Gasteiger partial charge in [-0.05, 0) is 25.0 Å². The molecule has 1 fully saturated rings. The smallest absolute Gasteiger partial charge is 0.173 e. The first kappa shape index (κ1) is 15.0. The van der Waals surface area contributed by atoms with E-state index >= 15 is 0 Å². The Kier molecular flexibility index (Phi) is 5.37. The number of Topliss-reactive ketones (excluding diaryl/α,β-unsaturated/α-hetero) is 1. The highest BCUT2D eigenvalue weighted by Gasteiger charge is 2.22. The number of ketones is 1. The van der Waals surface area contributed by atoms with Crippen molar-refractivity contribution in [2.24, 2.45) is 5.92 Å². The molecule has 2 nitrogen and oxygen atoms in total. The highest BCUT2D eigenvalue weighted by Crippen LogP contribution is 2.36. The van der Waals surface area contributed by atoms with Crippen LogP contribution in [0.15, 0.2) is 12.1 Å². The molecule has 0 spiro atoms. The van der Waals surface area contributed by atoms with E-state index in [-0.39, 0.29) is 18.3 Å². The summed E-state index contributed by atoms with van der Waals surface area (Å²) < 4.78 is 5.47. The average molecular weight is 322 g/mol. The van der Waals surface area contributed by atoms with Crippen LogP contribution in [-0.4, -0.2) is 12.4 Å². The van der Waals surface area contributed by atoms with Crippen molar-refractivity contribution in [2.75, 3.05) is 6.61 Å². The maximum absolute atomic E-state index is 12.0. The highest BCUT2D eigenvalue weighted by molar-refractivity contribution is 6.40. The molecule has 0 bridgehead atoms. The monoisotopic (exact) mass is 320 g/mol. The number of benzene rings is 1. The molecule has 0 radical (unpaired) electrons. The van der Waals surface area contributed by atoms with Gasteiger partial charge in [0.15, 0.2) is 11.5 Å². The topological polar surface area (TPSA) is 26.3 Å². The van der Waals surface area contributed by atoms with Crippen molar-refractivity contribution in [3.63, 3.8) is 0 Å². The molecule has 0 unspecified atom stereocenters. The number of hydrogen-bond acceptors (Lipinski definition) is 2. The molecule has 5 heteroatoms. The zero-order valence-electron chi connectivity index (χ0n) is 10.4. The van der Waals surface area contributed by atoms with E-state index < -0.39 is 0 Å². The van der Waals surface area contributed by atoms with Crippen LogP contribution in [0.25, 0.3) is 0 Å². The lowest BCUT2D eigenvalue weighted by Crippen LogP contribution is -2.23. The molecular formula is C14H15Cl3O2. The molecule has 1 aliphatic carbocycles. The van der Waals surface area contributed by atoms with Crippen LogP contribution in [0.4, 0.5) is 0 Å². The zero-order valence-corrected chi connectivity index (χ0v) is 12.7. The van der Waals surface area contributed by atoms with E-state index in [2.05, 4.69) is 0 Å². The Hall–Kier alpha value is -0.440. The summed E-state index contributed by atoms with van der Waals surface area (Å²) in [5.74, 6) is 0.581. The van der Waals surface area contributed by atoms with Gasteiger partial charge in [0.25, 0.3) is 0 Å². The van der Waals surface area contributed by atoms with Crippen LogP contribution in [-0.2, 0) is 4.79 Å². The Bertz CT molecular complexity index is 445. The molecule has 19 heavy (non-hydrogen) atoms. The van der Waals surface area contributed by atoms with Crippen LogP contribution in [0, 0.1) is 5.92 Å².